The zero-order chi connectivity index (χ0) is 15.0. The van der Waals surface area contributed by atoms with E-state index in [2.05, 4.69) is 37.2 Å². The van der Waals surface area contributed by atoms with Gasteiger partial charge in [-0.1, -0.05) is 36.4 Å². The lowest BCUT2D eigenvalue weighted by molar-refractivity contribution is 0.192. The van der Waals surface area contributed by atoms with Crippen LogP contribution >= 0.6 is 0 Å². The van der Waals surface area contributed by atoms with Crippen molar-refractivity contribution in [1.82, 2.24) is 4.90 Å². The van der Waals surface area contributed by atoms with Gasteiger partial charge in [0.25, 0.3) is 0 Å². The first-order valence-electron chi connectivity index (χ1n) is 7.29. The molecule has 3 rings (SSSR count). The van der Waals surface area contributed by atoms with Crippen LogP contribution in [0.3, 0.4) is 0 Å². The van der Waals surface area contributed by atoms with Crippen molar-refractivity contribution in [2.75, 3.05) is 14.1 Å². The molecule has 0 bridgehead atoms. The summed E-state index contributed by atoms with van der Waals surface area (Å²) in [6.45, 7) is 0. The molecule has 1 aliphatic rings. The molecule has 0 radical (unpaired) electrons. The SMILES string of the molecule is CN(C)C1Cc2ccccc2C1(N)Cc1ccc(F)cc1. The Morgan fingerprint density at radius 3 is 2.48 bits per heavy atom. The molecule has 110 valence electrons. The van der Waals surface area contributed by atoms with Crippen LogP contribution in [0, 0.1) is 5.82 Å². The van der Waals surface area contributed by atoms with E-state index in [1.54, 1.807) is 0 Å². The second kappa shape index (κ2) is 5.24. The average molecular weight is 284 g/mol. The van der Waals surface area contributed by atoms with Gasteiger partial charge < -0.3 is 10.6 Å². The first-order chi connectivity index (χ1) is 10.0. The highest BCUT2D eigenvalue weighted by Gasteiger charge is 2.44. The molecular weight excluding hydrogens is 263 g/mol. The average Bonchev–Trinajstić information content (AvgIpc) is 2.76. The van der Waals surface area contributed by atoms with Crippen LogP contribution in [-0.4, -0.2) is 25.0 Å². The largest absolute Gasteiger partial charge is 0.320 e. The number of nitrogens with two attached hydrogens (primary N) is 1. The second-order valence-electron chi connectivity index (χ2n) is 6.18. The Labute approximate surface area is 125 Å². The first kappa shape index (κ1) is 14.2. The van der Waals surface area contributed by atoms with Crippen LogP contribution in [0.15, 0.2) is 48.5 Å². The quantitative estimate of drug-likeness (QED) is 0.939. The summed E-state index contributed by atoms with van der Waals surface area (Å²) in [5.74, 6) is -0.208. The predicted molar refractivity (Wildman–Crippen MR) is 83.6 cm³/mol. The molecule has 0 saturated carbocycles. The van der Waals surface area contributed by atoms with Crippen molar-refractivity contribution in [3.8, 4) is 0 Å². The molecule has 2 aromatic carbocycles. The van der Waals surface area contributed by atoms with Crippen LogP contribution < -0.4 is 5.73 Å². The summed E-state index contributed by atoms with van der Waals surface area (Å²) in [6.07, 6.45) is 1.67. The van der Waals surface area contributed by atoms with Gasteiger partial charge in [-0.3, -0.25) is 0 Å². The van der Waals surface area contributed by atoms with E-state index in [0.29, 0.717) is 6.42 Å². The molecule has 0 saturated heterocycles. The van der Waals surface area contributed by atoms with E-state index in [0.717, 1.165) is 12.0 Å². The molecule has 1 aliphatic carbocycles. The summed E-state index contributed by atoms with van der Waals surface area (Å²) < 4.78 is 13.1. The summed E-state index contributed by atoms with van der Waals surface area (Å²) in [6, 6.07) is 15.3. The number of fused-ring (bicyclic) bond motifs is 1. The van der Waals surface area contributed by atoms with Gasteiger partial charge in [-0.2, -0.15) is 0 Å². The van der Waals surface area contributed by atoms with Crippen LogP contribution in [0.1, 0.15) is 16.7 Å². The third kappa shape index (κ3) is 2.47. The van der Waals surface area contributed by atoms with E-state index in [1.165, 1.54) is 23.3 Å². The topological polar surface area (TPSA) is 29.3 Å². The monoisotopic (exact) mass is 284 g/mol. The Kier molecular flexibility index (Phi) is 3.56. The molecule has 2 nitrogen and oxygen atoms in total. The van der Waals surface area contributed by atoms with Gasteiger partial charge in [0, 0.05) is 6.04 Å². The van der Waals surface area contributed by atoms with Crippen LogP contribution in [0.4, 0.5) is 4.39 Å². The normalized spacial score (nSPS) is 24.3. The number of hydrogen-bond acceptors (Lipinski definition) is 2. The lowest BCUT2D eigenvalue weighted by atomic mass is 9.83. The molecule has 21 heavy (non-hydrogen) atoms. The Hall–Kier alpha value is -1.71. The van der Waals surface area contributed by atoms with Gasteiger partial charge in [0.2, 0.25) is 0 Å². The molecule has 2 N–H and O–H groups in total. The van der Waals surface area contributed by atoms with E-state index < -0.39 is 5.54 Å². The van der Waals surface area contributed by atoms with Crippen molar-refractivity contribution in [3.63, 3.8) is 0 Å². The number of hydrogen-bond donors (Lipinski definition) is 1. The molecular formula is C18H21FN2. The highest BCUT2D eigenvalue weighted by Crippen LogP contribution is 2.39. The lowest BCUT2D eigenvalue weighted by Crippen LogP contribution is -2.53. The maximum atomic E-state index is 13.1. The highest BCUT2D eigenvalue weighted by atomic mass is 19.1. The zero-order valence-corrected chi connectivity index (χ0v) is 12.5. The fourth-order valence-corrected chi connectivity index (χ4v) is 3.52. The number of likely N-dealkylation sites (N-methyl/N-ethyl adjacent to an activating group) is 1. The minimum atomic E-state index is -0.433. The maximum Gasteiger partial charge on any atom is 0.123 e. The van der Waals surface area contributed by atoms with Gasteiger partial charge in [0.15, 0.2) is 0 Å². The minimum Gasteiger partial charge on any atom is -0.320 e. The maximum absolute atomic E-state index is 13.1. The van der Waals surface area contributed by atoms with Gasteiger partial charge >= 0.3 is 0 Å². The summed E-state index contributed by atoms with van der Waals surface area (Å²) in [5, 5.41) is 0. The van der Waals surface area contributed by atoms with Gasteiger partial charge in [0.05, 0.1) is 5.54 Å². The van der Waals surface area contributed by atoms with Crippen molar-refractivity contribution < 1.29 is 4.39 Å². The molecule has 0 heterocycles. The van der Waals surface area contributed by atoms with E-state index in [4.69, 9.17) is 5.73 Å². The van der Waals surface area contributed by atoms with Gasteiger partial charge in [0.1, 0.15) is 5.82 Å². The molecule has 0 spiro atoms. The van der Waals surface area contributed by atoms with Crippen molar-refractivity contribution in [3.05, 3.63) is 71.0 Å². The fraction of sp³-hybridized carbons (Fsp3) is 0.333. The van der Waals surface area contributed by atoms with Crippen molar-refractivity contribution in [1.29, 1.82) is 0 Å². The number of nitrogens with zero attached hydrogens (tertiary/aromatic N) is 1. The van der Waals surface area contributed by atoms with Crippen molar-refractivity contribution in [2.24, 2.45) is 5.73 Å². The van der Waals surface area contributed by atoms with E-state index in [1.807, 2.05) is 18.2 Å². The molecule has 2 aromatic rings. The summed E-state index contributed by atoms with van der Waals surface area (Å²) in [7, 11) is 4.14. The minimum absolute atomic E-state index is 0.208. The Balaban J connectivity index is 2.00. The summed E-state index contributed by atoms with van der Waals surface area (Å²) in [4.78, 5) is 2.20. The highest BCUT2D eigenvalue weighted by molar-refractivity contribution is 5.43. The van der Waals surface area contributed by atoms with E-state index >= 15 is 0 Å². The first-order valence-corrected chi connectivity index (χ1v) is 7.29. The van der Waals surface area contributed by atoms with Crippen LogP contribution in [-0.2, 0) is 18.4 Å². The molecule has 3 heteroatoms. The predicted octanol–water partition coefficient (Wildman–Crippen LogP) is 2.71. The molecule has 0 aliphatic heterocycles. The zero-order valence-electron chi connectivity index (χ0n) is 12.5. The number of benzene rings is 2. The Morgan fingerprint density at radius 2 is 1.81 bits per heavy atom. The Morgan fingerprint density at radius 1 is 1.14 bits per heavy atom. The summed E-state index contributed by atoms with van der Waals surface area (Å²) >= 11 is 0. The van der Waals surface area contributed by atoms with Gasteiger partial charge in [-0.15, -0.1) is 0 Å². The third-order valence-electron chi connectivity index (χ3n) is 4.56. The van der Waals surface area contributed by atoms with Crippen LogP contribution in [0.5, 0.6) is 0 Å². The smallest absolute Gasteiger partial charge is 0.123 e. The lowest BCUT2D eigenvalue weighted by Gasteiger charge is -2.37. The molecule has 0 amide bonds. The van der Waals surface area contributed by atoms with Crippen LogP contribution in [0.2, 0.25) is 0 Å². The van der Waals surface area contributed by atoms with Crippen molar-refractivity contribution >= 4 is 0 Å². The molecule has 2 atom stereocenters. The standard InChI is InChI=1S/C18H21FN2/c1-21(2)17-11-14-5-3-4-6-16(14)18(17,20)12-13-7-9-15(19)10-8-13/h3-10,17H,11-12,20H2,1-2H3. The van der Waals surface area contributed by atoms with Gasteiger partial charge in [-0.25, -0.2) is 4.39 Å². The van der Waals surface area contributed by atoms with Gasteiger partial charge in [-0.05, 0) is 55.8 Å². The Bertz CT molecular complexity index is 636. The third-order valence-corrected chi connectivity index (χ3v) is 4.56. The summed E-state index contributed by atoms with van der Waals surface area (Å²) in [5.41, 5.74) is 10.0. The number of rotatable bonds is 3. The molecule has 2 unspecified atom stereocenters. The molecule has 0 aromatic heterocycles. The van der Waals surface area contributed by atoms with Crippen LogP contribution in [0.25, 0.3) is 0 Å². The molecule has 0 fully saturated rings. The number of halogens is 1. The van der Waals surface area contributed by atoms with E-state index in [9.17, 15) is 4.39 Å². The fourth-order valence-electron chi connectivity index (χ4n) is 3.52. The van der Waals surface area contributed by atoms with Crippen molar-refractivity contribution in [2.45, 2.75) is 24.4 Å². The second-order valence-corrected chi connectivity index (χ2v) is 6.18. The van der Waals surface area contributed by atoms with E-state index in [-0.39, 0.29) is 11.9 Å².